The Morgan fingerprint density at radius 2 is 1.84 bits per heavy atom. The van der Waals surface area contributed by atoms with Gasteiger partial charge >= 0.3 is 11.9 Å². The molecule has 0 N–H and O–H groups in total. The van der Waals surface area contributed by atoms with Crippen molar-refractivity contribution in [1.29, 1.82) is 0 Å². The molecule has 1 aliphatic heterocycles. The lowest BCUT2D eigenvalue weighted by Crippen LogP contribution is -2.40. The van der Waals surface area contributed by atoms with Crippen molar-refractivity contribution in [2.24, 2.45) is 4.99 Å². The first kappa shape index (κ1) is 31.6. The predicted molar refractivity (Wildman–Crippen MR) is 163 cm³/mol. The summed E-state index contributed by atoms with van der Waals surface area (Å²) >= 11 is 7.44. The molecule has 1 aromatic heterocycles. The van der Waals surface area contributed by atoms with Crippen LogP contribution in [0.15, 0.2) is 70.1 Å². The average Bonchev–Trinajstić information content (AvgIpc) is 3.29. The van der Waals surface area contributed by atoms with Crippen LogP contribution in [0.25, 0.3) is 6.08 Å². The van der Waals surface area contributed by atoms with Gasteiger partial charge in [-0.15, -0.1) is 0 Å². The Bertz CT molecular complexity index is 1760. The number of carbonyl (C=O) groups is 2. The lowest BCUT2D eigenvalue weighted by Gasteiger charge is -2.25. The van der Waals surface area contributed by atoms with E-state index in [9.17, 15) is 14.4 Å². The van der Waals surface area contributed by atoms with Gasteiger partial charge in [0.2, 0.25) is 0 Å². The molecule has 43 heavy (non-hydrogen) atoms. The smallest absolute Gasteiger partial charge is 0.343 e. The van der Waals surface area contributed by atoms with Gasteiger partial charge in [-0.1, -0.05) is 41.7 Å². The number of allylic oxidation sites excluding steroid dienone is 1. The van der Waals surface area contributed by atoms with Crippen molar-refractivity contribution in [2.75, 3.05) is 33.5 Å². The van der Waals surface area contributed by atoms with Gasteiger partial charge in [-0.05, 0) is 62.7 Å². The van der Waals surface area contributed by atoms with E-state index in [0.29, 0.717) is 55.0 Å². The van der Waals surface area contributed by atoms with Gasteiger partial charge in [-0.3, -0.25) is 9.36 Å². The second-order valence-electron chi connectivity index (χ2n) is 9.09. The van der Waals surface area contributed by atoms with Crippen LogP contribution in [-0.2, 0) is 19.1 Å². The van der Waals surface area contributed by atoms with Crippen LogP contribution < -0.4 is 29.1 Å². The van der Waals surface area contributed by atoms with E-state index in [-0.39, 0.29) is 31.0 Å². The maximum absolute atomic E-state index is 14.0. The molecule has 10 nitrogen and oxygen atoms in total. The molecule has 2 aromatic carbocycles. The summed E-state index contributed by atoms with van der Waals surface area (Å²) in [6, 6.07) is 9.23. The number of benzene rings is 2. The van der Waals surface area contributed by atoms with Crippen molar-refractivity contribution in [2.45, 2.75) is 26.8 Å². The average molecular weight is 627 g/mol. The summed E-state index contributed by atoms with van der Waals surface area (Å²) in [6.07, 6.45) is 3.30. The zero-order valence-electron chi connectivity index (χ0n) is 24.2. The molecule has 4 rings (SSSR count). The number of methoxy groups -OCH3 is 1. The van der Waals surface area contributed by atoms with Crippen LogP contribution in [0.5, 0.6) is 17.2 Å². The van der Waals surface area contributed by atoms with Gasteiger partial charge in [-0.2, -0.15) is 0 Å². The molecule has 0 unspecified atom stereocenters. The number of fused-ring (bicyclic) bond motifs is 1. The van der Waals surface area contributed by atoms with Crippen LogP contribution in [0.4, 0.5) is 0 Å². The standard InChI is InChI=1S/C31H31ClN2O8S/c1-6-13-41-22-12-10-21(32)14-20(22)16-25-29(36)34-28(27(30(37)40-8-3)18(4)33-31(34)43-25)19-9-11-23(24(15-19)39-7-2)42-17-26(35)38-5/h6,9-12,14-16,28H,1,7-8,13,17H2,2-5H3/b25-16+/t28-/m1/s1. The summed E-state index contributed by atoms with van der Waals surface area (Å²) in [5.74, 6) is 0.00198. The van der Waals surface area contributed by atoms with E-state index in [1.165, 1.54) is 23.0 Å². The predicted octanol–water partition coefficient (Wildman–Crippen LogP) is 3.97. The molecule has 0 saturated heterocycles. The van der Waals surface area contributed by atoms with Crippen LogP contribution in [0.2, 0.25) is 5.02 Å². The van der Waals surface area contributed by atoms with E-state index >= 15 is 0 Å². The Labute approximate surface area is 257 Å². The first-order valence-electron chi connectivity index (χ1n) is 13.4. The Hall–Kier alpha value is -4.35. The van der Waals surface area contributed by atoms with Crippen molar-refractivity contribution >= 4 is 41.0 Å². The van der Waals surface area contributed by atoms with Crippen molar-refractivity contribution in [1.82, 2.24) is 4.57 Å². The van der Waals surface area contributed by atoms with Crippen LogP contribution in [0.1, 0.15) is 37.9 Å². The highest BCUT2D eigenvalue weighted by Crippen LogP contribution is 2.36. The van der Waals surface area contributed by atoms with E-state index in [0.717, 1.165) is 0 Å². The number of thiazole rings is 1. The highest BCUT2D eigenvalue weighted by atomic mass is 35.5. The minimum atomic E-state index is -0.887. The fraction of sp³-hybridized carbons (Fsp3) is 0.290. The second kappa shape index (κ2) is 14.2. The third kappa shape index (κ3) is 7.00. The molecule has 0 bridgehead atoms. The largest absolute Gasteiger partial charge is 0.490 e. The number of rotatable bonds is 12. The van der Waals surface area contributed by atoms with Crippen molar-refractivity contribution in [3.63, 3.8) is 0 Å². The molecule has 1 aliphatic rings. The minimum absolute atomic E-state index is 0.138. The molecule has 226 valence electrons. The summed E-state index contributed by atoms with van der Waals surface area (Å²) in [7, 11) is 1.27. The van der Waals surface area contributed by atoms with Gasteiger partial charge in [0.15, 0.2) is 22.9 Å². The maximum Gasteiger partial charge on any atom is 0.343 e. The van der Waals surface area contributed by atoms with Gasteiger partial charge < -0.3 is 23.7 Å². The lowest BCUT2D eigenvalue weighted by atomic mass is 9.95. The van der Waals surface area contributed by atoms with Gasteiger partial charge in [0.1, 0.15) is 12.4 Å². The van der Waals surface area contributed by atoms with Crippen molar-refractivity contribution in [3.05, 3.63) is 96.2 Å². The highest BCUT2D eigenvalue weighted by Gasteiger charge is 2.34. The number of halogens is 1. The quantitative estimate of drug-likeness (QED) is 0.219. The lowest BCUT2D eigenvalue weighted by molar-refractivity contribution is -0.143. The summed E-state index contributed by atoms with van der Waals surface area (Å²) in [6.45, 7) is 9.28. The van der Waals surface area contributed by atoms with E-state index in [1.807, 2.05) is 0 Å². The summed E-state index contributed by atoms with van der Waals surface area (Å²) in [5, 5.41) is 0.473. The van der Waals surface area contributed by atoms with Crippen LogP contribution in [0.3, 0.4) is 0 Å². The molecular weight excluding hydrogens is 596 g/mol. The Kier molecular flexibility index (Phi) is 10.4. The van der Waals surface area contributed by atoms with E-state index in [2.05, 4.69) is 16.3 Å². The Morgan fingerprint density at radius 1 is 1.07 bits per heavy atom. The van der Waals surface area contributed by atoms with Gasteiger partial charge in [0, 0.05) is 10.6 Å². The first-order chi connectivity index (χ1) is 20.7. The van der Waals surface area contributed by atoms with E-state index < -0.39 is 18.0 Å². The topological polar surface area (TPSA) is 115 Å². The summed E-state index contributed by atoms with van der Waals surface area (Å²) in [4.78, 5) is 44.0. The Morgan fingerprint density at radius 3 is 2.53 bits per heavy atom. The number of nitrogens with zero attached hydrogens (tertiary/aromatic N) is 2. The van der Waals surface area contributed by atoms with Crippen LogP contribution >= 0.6 is 22.9 Å². The maximum atomic E-state index is 14.0. The van der Waals surface area contributed by atoms with E-state index in [1.54, 1.807) is 69.3 Å². The van der Waals surface area contributed by atoms with Crippen molar-refractivity contribution < 1.29 is 33.3 Å². The third-order valence-corrected chi connectivity index (χ3v) is 7.51. The van der Waals surface area contributed by atoms with Crippen LogP contribution in [-0.4, -0.2) is 50.0 Å². The Balaban J connectivity index is 1.91. The monoisotopic (exact) mass is 626 g/mol. The number of aromatic nitrogens is 1. The number of hydrogen-bond acceptors (Lipinski definition) is 10. The highest BCUT2D eigenvalue weighted by molar-refractivity contribution is 7.07. The van der Waals surface area contributed by atoms with E-state index in [4.69, 9.17) is 30.5 Å². The van der Waals surface area contributed by atoms with Crippen LogP contribution in [0, 0.1) is 0 Å². The molecule has 0 fully saturated rings. The number of hydrogen-bond donors (Lipinski definition) is 0. The second-order valence-corrected chi connectivity index (χ2v) is 10.5. The normalized spacial score (nSPS) is 14.4. The molecule has 0 aliphatic carbocycles. The molecular formula is C31H31ClN2O8S. The zero-order valence-corrected chi connectivity index (χ0v) is 25.8. The van der Waals surface area contributed by atoms with Gasteiger partial charge in [0.05, 0.1) is 42.2 Å². The van der Waals surface area contributed by atoms with Gasteiger partial charge in [-0.25, -0.2) is 14.6 Å². The third-order valence-electron chi connectivity index (χ3n) is 6.29. The number of ether oxygens (including phenoxy) is 5. The molecule has 0 amide bonds. The summed E-state index contributed by atoms with van der Waals surface area (Å²) in [5.41, 5.74) is 1.41. The molecule has 2 heterocycles. The molecule has 3 aromatic rings. The number of carbonyl (C=O) groups excluding carboxylic acids is 2. The molecule has 1 atom stereocenters. The fourth-order valence-corrected chi connectivity index (χ4v) is 5.66. The number of esters is 2. The SMILES string of the molecule is C=CCOc1ccc(Cl)cc1/C=c1/sc2n(c1=O)[C@H](c1ccc(OCC(=O)OC)c(OCC)c1)C(C(=O)OCC)=C(C)N=2. The van der Waals surface area contributed by atoms with Gasteiger partial charge in [0.25, 0.3) is 5.56 Å². The fourth-order valence-electron chi connectivity index (χ4n) is 4.44. The molecule has 0 radical (unpaired) electrons. The first-order valence-corrected chi connectivity index (χ1v) is 14.6. The minimum Gasteiger partial charge on any atom is -0.490 e. The molecule has 0 saturated carbocycles. The molecule has 12 heteroatoms. The zero-order chi connectivity index (χ0) is 31.1. The van der Waals surface area contributed by atoms with Crippen molar-refractivity contribution in [3.8, 4) is 17.2 Å². The summed E-state index contributed by atoms with van der Waals surface area (Å²) < 4.78 is 29.1. The molecule has 0 spiro atoms.